The number of imidazole rings is 1. The Morgan fingerprint density at radius 3 is 2.76 bits per heavy atom. The Morgan fingerprint density at radius 1 is 1.21 bits per heavy atom. The third-order valence-electron chi connectivity index (χ3n) is 5.76. The third-order valence-corrected chi connectivity index (χ3v) is 6.08. The Kier molecular flexibility index (Phi) is 6.03. The molecule has 0 radical (unpaired) electrons. The minimum Gasteiger partial charge on any atom is -0.492 e. The first-order valence-electron chi connectivity index (χ1n) is 11.0. The summed E-state index contributed by atoms with van der Waals surface area (Å²) in [6, 6.07) is 5.80. The molecule has 4 aromatic rings. The van der Waals surface area contributed by atoms with Crippen LogP contribution in [0.2, 0.25) is 5.02 Å². The van der Waals surface area contributed by atoms with Gasteiger partial charge in [0.15, 0.2) is 11.5 Å². The molecule has 1 aliphatic rings. The zero-order valence-electron chi connectivity index (χ0n) is 18.6. The normalized spacial score (nSPS) is 14.6. The van der Waals surface area contributed by atoms with Crippen molar-refractivity contribution in [3.05, 3.63) is 41.9 Å². The van der Waals surface area contributed by atoms with Gasteiger partial charge in [0.05, 0.1) is 23.6 Å². The van der Waals surface area contributed by atoms with Crippen LogP contribution in [0.15, 0.2) is 36.9 Å². The molecule has 5 rings (SSSR count). The zero-order valence-corrected chi connectivity index (χ0v) is 19.4. The van der Waals surface area contributed by atoms with Crippen molar-refractivity contribution < 1.29 is 9.53 Å². The lowest BCUT2D eigenvalue weighted by Crippen LogP contribution is -2.48. The highest BCUT2D eigenvalue weighted by Crippen LogP contribution is 2.30. The largest absolute Gasteiger partial charge is 0.492 e. The molecule has 0 unspecified atom stereocenters. The number of nitrogen functional groups attached to an aromatic ring is 1. The number of hydrogen-bond donors (Lipinski definition) is 2. The number of H-pyrrole nitrogens is 1. The summed E-state index contributed by atoms with van der Waals surface area (Å²) >= 11 is 6.22. The lowest BCUT2D eigenvalue weighted by Gasteiger charge is -2.35. The molecule has 1 fully saturated rings. The van der Waals surface area contributed by atoms with E-state index in [1.807, 2.05) is 25.1 Å². The van der Waals surface area contributed by atoms with Crippen molar-refractivity contribution in [2.45, 2.75) is 6.92 Å². The SMILES string of the molecule is CCOc1cc(N2CCN(CC(=O)n3nc(-c4ncc[nH]4)c4c(N)ncnc43)CC2)ccc1Cl. The number of nitrogens with two attached hydrogens (primary N) is 1. The fourth-order valence-electron chi connectivity index (χ4n) is 4.09. The van der Waals surface area contributed by atoms with Crippen LogP contribution in [0.4, 0.5) is 11.5 Å². The highest BCUT2D eigenvalue weighted by atomic mass is 35.5. The number of piperazine rings is 1. The molecule has 1 aromatic carbocycles. The predicted octanol–water partition coefficient (Wildman–Crippen LogP) is 2.31. The molecule has 3 N–H and O–H groups in total. The monoisotopic (exact) mass is 481 g/mol. The van der Waals surface area contributed by atoms with Crippen molar-refractivity contribution in [3.8, 4) is 17.3 Å². The Hall–Kier alpha value is -3.70. The molecular formula is C22H24ClN9O2. The molecule has 1 saturated heterocycles. The maximum atomic E-state index is 13.2. The number of carbonyl (C=O) groups excluding carboxylic acids is 1. The first-order valence-corrected chi connectivity index (χ1v) is 11.3. The van der Waals surface area contributed by atoms with Gasteiger partial charge >= 0.3 is 0 Å². The molecule has 1 aliphatic heterocycles. The molecule has 0 atom stereocenters. The molecule has 12 heteroatoms. The van der Waals surface area contributed by atoms with Crippen molar-refractivity contribution in [3.63, 3.8) is 0 Å². The van der Waals surface area contributed by atoms with E-state index >= 15 is 0 Å². The van der Waals surface area contributed by atoms with Gasteiger partial charge in [0.1, 0.15) is 23.6 Å². The number of ether oxygens (including phenoxy) is 1. The number of fused-ring (bicyclic) bond motifs is 1. The fraction of sp³-hybridized carbons (Fsp3) is 0.318. The smallest absolute Gasteiger partial charge is 0.263 e. The molecule has 4 heterocycles. The molecule has 34 heavy (non-hydrogen) atoms. The van der Waals surface area contributed by atoms with Crippen LogP contribution in [-0.2, 0) is 0 Å². The van der Waals surface area contributed by atoms with Crippen LogP contribution in [0.5, 0.6) is 5.75 Å². The highest BCUT2D eigenvalue weighted by Gasteiger charge is 2.25. The van der Waals surface area contributed by atoms with E-state index < -0.39 is 0 Å². The highest BCUT2D eigenvalue weighted by molar-refractivity contribution is 6.32. The average molecular weight is 482 g/mol. The first-order chi connectivity index (χ1) is 16.5. The van der Waals surface area contributed by atoms with Crippen LogP contribution >= 0.6 is 11.6 Å². The van der Waals surface area contributed by atoms with Gasteiger partial charge in [0, 0.05) is 50.3 Å². The summed E-state index contributed by atoms with van der Waals surface area (Å²) in [5.41, 5.74) is 7.94. The van der Waals surface area contributed by atoms with Gasteiger partial charge in [-0.05, 0) is 19.1 Å². The van der Waals surface area contributed by atoms with Gasteiger partial charge in [-0.1, -0.05) is 11.6 Å². The zero-order chi connectivity index (χ0) is 23.7. The van der Waals surface area contributed by atoms with Gasteiger partial charge in [-0.2, -0.15) is 9.78 Å². The topological polar surface area (TPSA) is 131 Å². The van der Waals surface area contributed by atoms with Crippen LogP contribution in [0.1, 0.15) is 11.7 Å². The standard InChI is InChI=1S/C22H24ClN9O2/c1-2-34-16-11-14(3-4-15(16)23)31-9-7-30(8-10-31)12-17(33)32-22-18(20(24)27-13-28-22)19(29-32)21-25-5-6-26-21/h3-6,11,13H,2,7-10,12H2,1H3,(H,25,26)(H2,24,27,28). The Balaban J connectivity index is 1.30. The number of anilines is 2. The van der Waals surface area contributed by atoms with E-state index in [1.54, 1.807) is 12.4 Å². The van der Waals surface area contributed by atoms with E-state index in [4.69, 9.17) is 22.1 Å². The van der Waals surface area contributed by atoms with Gasteiger partial charge in [0.25, 0.3) is 5.91 Å². The summed E-state index contributed by atoms with van der Waals surface area (Å²) in [6.07, 6.45) is 4.62. The molecule has 0 amide bonds. The maximum absolute atomic E-state index is 13.2. The predicted molar refractivity (Wildman–Crippen MR) is 129 cm³/mol. The second kappa shape index (κ2) is 9.27. The van der Waals surface area contributed by atoms with E-state index in [0.717, 1.165) is 31.9 Å². The number of nitrogens with zero attached hydrogens (tertiary/aromatic N) is 7. The number of aromatic nitrogens is 6. The van der Waals surface area contributed by atoms with Crippen LogP contribution in [-0.4, -0.2) is 79.9 Å². The third kappa shape index (κ3) is 4.15. The van der Waals surface area contributed by atoms with E-state index in [0.29, 0.717) is 39.9 Å². The molecular weight excluding hydrogens is 458 g/mol. The second-order valence-corrected chi connectivity index (χ2v) is 8.27. The van der Waals surface area contributed by atoms with Crippen LogP contribution in [0.25, 0.3) is 22.6 Å². The minimum absolute atomic E-state index is 0.195. The molecule has 0 spiro atoms. The summed E-state index contributed by atoms with van der Waals surface area (Å²) in [7, 11) is 0. The minimum atomic E-state index is -0.195. The summed E-state index contributed by atoms with van der Waals surface area (Å²) < 4.78 is 6.91. The fourth-order valence-corrected chi connectivity index (χ4v) is 4.26. The lowest BCUT2D eigenvalue weighted by atomic mass is 10.2. The van der Waals surface area contributed by atoms with E-state index in [9.17, 15) is 4.79 Å². The van der Waals surface area contributed by atoms with Gasteiger partial charge in [0.2, 0.25) is 0 Å². The van der Waals surface area contributed by atoms with Crippen LogP contribution in [0.3, 0.4) is 0 Å². The quantitative estimate of drug-likeness (QED) is 0.425. The molecule has 0 aliphatic carbocycles. The molecule has 176 valence electrons. The summed E-state index contributed by atoms with van der Waals surface area (Å²) in [5, 5.41) is 5.58. The van der Waals surface area contributed by atoms with Gasteiger partial charge < -0.3 is 20.4 Å². The van der Waals surface area contributed by atoms with Gasteiger partial charge in [-0.25, -0.2) is 15.0 Å². The lowest BCUT2D eigenvalue weighted by molar-refractivity contribution is 0.0833. The van der Waals surface area contributed by atoms with Crippen molar-refractivity contribution >= 4 is 40.0 Å². The number of nitrogens with one attached hydrogen (secondary N) is 1. The molecule has 11 nitrogen and oxygen atoms in total. The first kappa shape index (κ1) is 22.1. The van der Waals surface area contributed by atoms with Gasteiger partial charge in [-0.3, -0.25) is 9.69 Å². The number of aromatic amines is 1. The number of benzene rings is 1. The van der Waals surface area contributed by atoms with Crippen molar-refractivity contribution in [2.24, 2.45) is 0 Å². The maximum Gasteiger partial charge on any atom is 0.263 e. The number of carbonyl (C=O) groups is 1. The second-order valence-electron chi connectivity index (χ2n) is 7.86. The summed E-state index contributed by atoms with van der Waals surface area (Å²) in [6.45, 7) is 5.68. The van der Waals surface area contributed by atoms with Crippen molar-refractivity contribution in [1.29, 1.82) is 0 Å². The molecule has 0 bridgehead atoms. The van der Waals surface area contributed by atoms with Crippen molar-refractivity contribution in [2.75, 3.05) is 50.0 Å². The number of hydrogen-bond acceptors (Lipinski definition) is 9. The summed E-state index contributed by atoms with van der Waals surface area (Å²) in [4.78, 5) is 33.1. The van der Waals surface area contributed by atoms with Crippen LogP contribution in [0, 0.1) is 0 Å². The molecule has 3 aromatic heterocycles. The Labute approximate surface area is 200 Å². The molecule has 0 saturated carbocycles. The van der Waals surface area contributed by atoms with Crippen molar-refractivity contribution in [1.82, 2.24) is 34.6 Å². The number of rotatable bonds is 6. The van der Waals surface area contributed by atoms with E-state index in [-0.39, 0.29) is 18.3 Å². The average Bonchev–Trinajstić information content (AvgIpc) is 3.50. The van der Waals surface area contributed by atoms with E-state index in [2.05, 4.69) is 34.8 Å². The Morgan fingerprint density at radius 2 is 2.03 bits per heavy atom. The summed E-state index contributed by atoms with van der Waals surface area (Å²) in [5.74, 6) is 1.23. The van der Waals surface area contributed by atoms with Crippen LogP contribution < -0.4 is 15.4 Å². The van der Waals surface area contributed by atoms with E-state index in [1.165, 1.54) is 11.0 Å². The van der Waals surface area contributed by atoms with Gasteiger partial charge in [-0.15, -0.1) is 0 Å². The Bertz CT molecular complexity index is 1310. The number of halogens is 1.